The Morgan fingerprint density at radius 3 is 2.83 bits per heavy atom. The highest BCUT2D eigenvalue weighted by atomic mass is 32.2. The standard InChI is InChI=1S/C12H19N3O2S/c1-3-13-12-11(5-4-8-14-12)18(16,17)15(2)9-10-6-7-10/h4-5,8,10H,3,6-7,9H2,1-2H3,(H,13,14). The maximum atomic E-state index is 12.4. The van der Waals surface area contributed by atoms with Crippen LogP contribution in [0.4, 0.5) is 5.82 Å². The van der Waals surface area contributed by atoms with Crippen LogP contribution in [0.25, 0.3) is 0 Å². The summed E-state index contributed by atoms with van der Waals surface area (Å²) >= 11 is 0. The predicted octanol–water partition coefficient (Wildman–Crippen LogP) is 1.54. The Kier molecular flexibility index (Phi) is 3.87. The number of hydrogen-bond donors (Lipinski definition) is 1. The lowest BCUT2D eigenvalue weighted by Gasteiger charge is -2.18. The summed E-state index contributed by atoms with van der Waals surface area (Å²) in [5, 5.41) is 2.99. The van der Waals surface area contributed by atoms with Gasteiger partial charge in [-0.2, -0.15) is 0 Å². The summed E-state index contributed by atoms with van der Waals surface area (Å²) in [4.78, 5) is 4.35. The van der Waals surface area contributed by atoms with E-state index >= 15 is 0 Å². The van der Waals surface area contributed by atoms with Gasteiger partial charge in [0.25, 0.3) is 0 Å². The molecule has 1 aromatic heterocycles. The fraction of sp³-hybridized carbons (Fsp3) is 0.583. The van der Waals surface area contributed by atoms with Crippen molar-refractivity contribution in [2.75, 3.05) is 25.5 Å². The highest BCUT2D eigenvalue weighted by Gasteiger charge is 2.30. The molecule has 1 aliphatic carbocycles. The lowest BCUT2D eigenvalue weighted by Crippen LogP contribution is -2.29. The minimum atomic E-state index is -3.44. The van der Waals surface area contributed by atoms with Crippen molar-refractivity contribution in [2.45, 2.75) is 24.7 Å². The number of pyridine rings is 1. The van der Waals surface area contributed by atoms with E-state index in [4.69, 9.17) is 0 Å². The highest BCUT2D eigenvalue weighted by molar-refractivity contribution is 7.89. The van der Waals surface area contributed by atoms with E-state index in [0.29, 0.717) is 24.8 Å². The molecule has 0 amide bonds. The zero-order chi connectivity index (χ0) is 13.2. The van der Waals surface area contributed by atoms with Crippen molar-refractivity contribution >= 4 is 15.8 Å². The van der Waals surface area contributed by atoms with Crippen molar-refractivity contribution in [3.05, 3.63) is 18.3 Å². The first-order valence-corrected chi connectivity index (χ1v) is 7.65. The van der Waals surface area contributed by atoms with E-state index in [1.807, 2.05) is 6.92 Å². The largest absolute Gasteiger partial charge is 0.369 e. The molecular weight excluding hydrogens is 250 g/mol. The average Bonchev–Trinajstić information content (AvgIpc) is 3.14. The van der Waals surface area contributed by atoms with Gasteiger partial charge in [0.1, 0.15) is 10.7 Å². The number of sulfonamides is 1. The van der Waals surface area contributed by atoms with Gasteiger partial charge in [-0.05, 0) is 37.8 Å². The summed E-state index contributed by atoms with van der Waals surface area (Å²) in [5.41, 5.74) is 0. The first-order chi connectivity index (χ1) is 8.55. The summed E-state index contributed by atoms with van der Waals surface area (Å²) < 4.78 is 26.3. The third-order valence-corrected chi connectivity index (χ3v) is 4.87. The topological polar surface area (TPSA) is 62.3 Å². The van der Waals surface area contributed by atoms with Crippen LogP contribution in [-0.2, 0) is 10.0 Å². The molecule has 100 valence electrons. The van der Waals surface area contributed by atoms with Crippen LogP contribution in [0.2, 0.25) is 0 Å². The van der Waals surface area contributed by atoms with Gasteiger partial charge in [-0.3, -0.25) is 0 Å². The van der Waals surface area contributed by atoms with Crippen LogP contribution in [0.15, 0.2) is 23.2 Å². The van der Waals surface area contributed by atoms with Crippen molar-refractivity contribution in [3.8, 4) is 0 Å². The third-order valence-electron chi connectivity index (χ3n) is 3.02. The lowest BCUT2D eigenvalue weighted by atomic mass is 10.4. The number of nitrogens with one attached hydrogen (secondary N) is 1. The Labute approximate surface area is 108 Å². The highest BCUT2D eigenvalue weighted by Crippen LogP contribution is 2.31. The fourth-order valence-electron chi connectivity index (χ4n) is 1.83. The summed E-state index contributed by atoms with van der Waals surface area (Å²) in [5.74, 6) is 0.965. The molecule has 6 heteroatoms. The molecule has 0 aliphatic heterocycles. The van der Waals surface area contributed by atoms with Gasteiger partial charge in [0, 0.05) is 26.3 Å². The van der Waals surface area contributed by atoms with E-state index in [9.17, 15) is 8.42 Å². The third kappa shape index (κ3) is 2.81. The van der Waals surface area contributed by atoms with Gasteiger partial charge >= 0.3 is 0 Å². The van der Waals surface area contributed by atoms with Crippen molar-refractivity contribution < 1.29 is 8.42 Å². The Morgan fingerprint density at radius 1 is 1.50 bits per heavy atom. The lowest BCUT2D eigenvalue weighted by molar-refractivity contribution is 0.453. The van der Waals surface area contributed by atoms with E-state index in [0.717, 1.165) is 12.8 Å². The molecule has 1 aliphatic rings. The Bertz CT molecular complexity index is 512. The zero-order valence-corrected chi connectivity index (χ0v) is 11.6. The van der Waals surface area contributed by atoms with E-state index in [-0.39, 0.29) is 4.90 Å². The monoisotopic (exact) mass is 269 g/mol. The Balaban J connectivity index is 2.27. The molecule has 1 aromatic rings. The van der Waals surface area contributed by atoms with Crippen LogP contribution < -0.4 is 5.32 Å². The van der Waals surface area contributed by atoms with Crippen LogP contribution in [-0.4, -0.2) is 37.8 Å². The number of nitrogens with zero attached hydrogens (tertiary/aromatic N) is 2. The van der Waals surface area contributed by atoms with Gasteiger partial charge in [-0.1, -0.05) is 0 Å². The molecule has 0 unspecified atom stereocenters. The fourth-order valence-corrected chi connectivity index (χ4v) is 3.19. The quantitative estimate of drug-likeness (QED) is 0.851. The molecule has 1 saturated carbocycles. The first-order valence-electron chi connectivity index (χ1n) is 6.21. The SMILES string of the molecule is CCNc1ncccc1S(=O)(=O)N(C)CC1CC1. The van der Waals surface area contributed by atoms with E-state index in [1.165, 1.54) is 4.31 Å². The van der Waals surface area contributed by atoms with Crippen LogP contribution in [0, 0.1) is 5.92 Å². The molecule has 0 radical (unpaired) electrons. The minimum Gasteiger partial charge on any atom is -0.369 e. The normalized spacial score (nSPS) is 15.9. The van der Waals surface area contributed by atoms with E-state index < -0.39 is 10.0 Å². The maximum absolute atomic E-state index is 12.4. The first kappa shape index (κ1) is 13.3. The molecular formula is C12H19N3O2S. The van der Waals surface area contributed by atoms with Gasteiger partial charge in [-0.25, -0.2) is 17.7 Å². The molecule has 5 nitrogen and oxygen atoms in total. The number of rotatable bonds is 6. The van der Waals surface area contributed by atoms with Crippen LogP contribution in [0.3, 0.4) is 0 Å². The van der Waals surface area contributed by atoms with Crippen LogP contribution in [0.1, 0.15) is 19.8 Å². The predicted molar refractivity (Wildman–Crippen MR) is 70.9 cm³/mol. The average molecular weight is 269 g/mol. The molecule has 0 saturated heterocycles. The zero-order valence-electron chi connectivity index (χ0n) is 10.8. The second kappa shape index (κ2) is 5.24. The second-order valence-corrected chi connectivity index (χ2v) is 6.62. The second-order valence-electron chi connectivity index (χ2n) is 4.61. The van der Waals surface area contributed by atoms with Gasteiger partial charge in [0.2, 0.25) is 10.0 Å². The van der Waals surface area contributed by atoms with Crippen molar-refractivity contribution in [1.29, 1.82) is 0 Å². The summed E-state index contributed by atoms with van der Waals surface area (Å²) in [6, 6.07) is 3.25. The van der Waals surface area contributed by atoms with Gasteiger partial charge in [0.15, 0.2) is 0 Å². The molecule has 0 bridgehead atoms. The smallest absolute Gasteiger partial charge is 0.246 e. The van der Waals surface area contributed by atoms with Crippen LogP contribution >= 0.6 is 0 Å². The molecule has 1 fully saturated rings. The van der Waals surface area contributed by atoms with Crippen molar-refractivity contribution in [2.24, 2.45) is 5.92 Å². The van der Waals surface area contributed by atoms with Gasteiger partial charge in [-0.15, -0.1) is 0 Å². The van der Waals surface area contributed by atoms with Crippen molar-refractivity contribution in [1.82, 2.24) is 9.29 Å². The number of hydrogen-bond acceptors (Lipinski definition) is 4. The van der Waals surface area contributed by atoms with Crippen LogP contribution in [0.5, 0.6) is 0 Å². The summed E-state index contributed by atoms with van der Waals surface area (Å²) in [6.45, 7) is 3.16. The number of anilines is 1. The summed E-state index contributed by atoms with van der Waals surface area (Å²) in [6.07, 6.45) is 3.86. The maximum Gasteiger partial charge on any atom is 0.246 e. The molecule has 2 rings (SSSR count). The summed E-state index contributed by atoms with van der Waals surface area (Å²) in [7, 11) is -1.80. The molecule has 18 heavy (non-hydrogen) atoms. The Morgan fingerprint density at radius 2 is 2.22 bits per heavy atom. The minimum absolute atomic E-state index is 0.259. The Hall–Kier alpha value is -1.14. The number of aromatic nitrogens is 1. The molecule has 0 aromatic carbocycles. The molecule has 0 spiro atoms. The molecule has 1 heterocycles. The van der Waals surface area contributed by atoms with E-state index in [1.54, 1.807) is 25.4 Å². The van der Waals surface area contributed by atoms with Gasteiger partial charge < -0.3 is 5.32 Å². The van der Waals surface area contributed by atoms with Crippen molar-refractivity contribution in [3.63, 3.8) is 0 Å². The molecule has 0 atom stereocenters. The molecule has 1 N–H and O–H groups in total. The van der Waals surface area contributed by atoms with E-state index in [2.05, 4.69) is 10.3 Å². The van der Waals surface area contributed by atoms with Gasteiger partial charge in [0.05, 0.1) is 0 Å².